The van der Waals surface area contributed by atoms with Crippen LogP contribution in [-0.2, 0) is 0 Å². The van der Waals surface area contributed by atoms with Crippen molar-refractivity contribution in [1.82, 2.24) is 0 Å². The number of benzene rings is 3. The monoisotopic (exact) mass is 344 g/mol. The Morgan fingerprint density at radius 1 is 0.577 bits per heavy atom. The summed E-state index contributed by atoms with van der Waals surface area (Å²) < 4.78 is 5.69. The molecule has 26 heavy (non-hydrogen) atoms. The average Bonchev–Trinajstić information content (AvgIpc) is 2.68. The van der Waals surface area contributed by atoms with Gasteiger partial charge in [-0.3, -0.25) is 14.4 Å². The molecule has 0 aliphatic rings. The summed E-state index contributed by atoms with van der Waals surface area (Å²) in [7, 11) is 0. The number of ether oxygens (including phenoxy) is 1. The van der Waals surface area contributed by atoms with Gasteiger partial charge in [0.1, 0.15) is 11.5 Å². The number of hydrogen-bond acceptors (Lipinski definition) is 4. The third kappa shape index (κ3) is 3.92. The van der Waals surface area contributed by atoms with E-state index in [1.165, 1.54) is 6.92 Å². The molecule has 0 bridgehead atoms. The lowest BCUT2D eigenvalue weighted by molar-refractivity contribution is 0.0817. The second-order valence-corrected chi connectivity index (χ2v) is 5.73. The van der Waals surface area contributed by atoms with Gasteiger partial charge in [-0.25, -0.2) is 0 Å². The van der Waals surface area contributed by atoms with Crippen LogP contribution in [-0.4, -0.2) is 17.3 Å². The smallest absolute Gasteiger partial charge is 0.233 e. The first-order valence-electron chi connectivity index (χ1n) is 8.07. The maximum Gasteiger partial charge on any atom is 0.233 e. The molecule has 0 heterocycles. The molecular formula is C22H16O4. The highest BCUT2D eigenvalue weighted by Crippen LogP contribution is 2.22. The Hall–Kier alpha value is -3.53. The topological polar surface area (TPSA) is 60.4 Å². The van der Waals surface area contributed by atoms with Gasteiger partial charge >= 0.3 is 0 Å². The number of carbonyl (C=O) groups excluding carboxylic acids is 3. The van der Waals surface area contributed by atoms with Crippen LogP contribution in [0.3, 0.4) is 0 Å². The molecule has 0 saturated heterocycles. The third-order valence-electron chi connectivity index (χ3n) is 3.86. The van der Waals surface area contributed by atoms with E-state index in [0.29, 0.717) is 28.2 Å². The van der Waals surface area contributed by atoms with Crippen LogP contribution in [0.25, 0.3) is 0 Å². The number of Topliss-reactive ketones (excluding diaryl/α,β-unsaturated/α-hetero) is 3. The standard InChI is InChI=1S/C22H16O4/c1-15(23)16-7-11-19(12-8-16)26-20-13-9-18(10-14-20)22(25)21(24)17-5-3-2-4-6-17/h2-14H,1H3. The molecule has 0 unspecified atom stereocenters. The lowest BCUT2D eigenvalue weighted by Gasteiger charge is -2.07. The molecule has 4 heteroatoms. The fraction of sp³-hybridized carbons (Fsp3) is 0.0455. The van der Waals surface area contributed by atoms with E-state index in [1.54, 1.807) is 78.9 Å². The second-order valence-electron chi connectivity index (χ2n) is 5.73. The number of ketones is 3. The van der Waals surface area contributed by atoms with Gasteiger partial charge in [0.15, 0.2) is 5.78 Å². The van der Waals surface area contributed by atoms with Crippen molar-refractivity contribution in [3.8, 4) is 11.5 Å². The van der Waals surface area contributed by atoms with Crippen LogP contribution >= 0.6 is 0 Å². The predicted molar refractivity (Wildman–Crippen MR) is 98.1 cm³/mol. The fourth-order valence-corrected chi connectivity index (χ4v) is 2.42. The zero-order valence-corrected chi connectivity index (χ0v) is 14.1. The molecular weight excluding hydrogens is 328 g/mol. The van der Waals surface area contributed by atoms with E-state index in [2.05, 4.69) is 0 Å². The molecule has 0 aliphatic heterocycles. The molecule has 0 radical (unpaired) electrons. The van der Waals surface area contributed by atoms with Gasteiger partial charge in [0.25, 0.3) is 0 Å². The van der Waals surface area contributed by atoms with Gasteiger partial charge in [-0.1, -0.05) is 30.3 Å². The Morgan fingerprint density at radius 2 is 1.00 bits per heavy atom. The zero-order chi connectivity index (χ0) is 18.5. The van der Waals surface area contributed by atoms with Crippen molar-refractivity contribution in [1.29, 1.82) is 0 Å². The van der Waals surface area contributed by atoms with Crippen LogP contribution in [0.4, 0.5) is 0 Å². The lowest BCUT2D eigenvalue weighted by Crippen LogP contribution is -2.14. The molecule has 0 spiro atoms. The first-order valence-corrected chi connectivity index (χ1v) is 8.07. The Labute approximate surface area is 151 Å². The van der Waals surface area contributed by atoms with Gasteiger partial charge in [0.2, 0.25) is 11.6 Å². The van der Waals surface area contributed by atoms with Crippen LogP contribution in [0.2, 0.25) is 0 Å². The Kier molecular flexibility index (Phi) is 5.04. The molecule has 0 aliphatic carbocycles. The Morgan fingerprint density at radius 3 is 1.46 bits per heavy atom. The van der Waals surface area contributed by atoms with Gasteiger partial charge in [0, 0.05) is 16.7 Å². The van der Waals surface area contributed by atoms with Crippen molar-refractivity contribution in [2.24, 2.45) is 0 Å². The van der Waals surface area contributed by atoms with Crippen molar-refractivity contribution < 1.29 is 19.1 Å². The minimum absolute atomic E-state index is 0.0116. The van der Waals surface area contributed by atoms with Crippen molar-refractivity contribution >= 4 is 17.3 Å². The average molecular weight is 344 g/mol. The summed E-state index contributed by atoms with van der Waals surface area (Å²) in [5.74, 6) is -0.00567. The largest absolute Gasteiger partial charge is 0.457 e. The van der Waals surface area contributed by atoms with Crippen LogP contribution in [0.15, 0.2) is 78.9 Å². The molecule has 0 fully saturated rings. The highest BCUT2D eigenvalue weighted by molar-refractivity contribution is 6.49. The molecule has 3 rings (SSSR count). The van der Waals surface area contributed by atoms with E-state index in [-0.39, 0.29) is 5.78 Å². The van der Waals surface area contributed by atoms with E-state index >= 15 is 0 Å². The van der Waals surface area contributed by atoms with Crippen molar-refractivity contribution in [2.75, 3.05) is 0 Å². The summed E-state index contributed by atoms with van der Waals surface area (Å²) in [5, 5.41) is 0. The fourth-order valence-electron chi connectivity index (χ4n) is 2.42. The molecule has 3 aromatic rings. The maximum absolute atomic E-state index is 12.3. The molecule has 0 atom stereocenters. The number of carbonyl (C=O) groups is 3. The summed E-state index contributed by atoms with van der Waals surface area (Å²) in [6, 6.07) is 21.6. The third-order valence-corrected chi connectivity index (χ3v) is 3.86. The minimum Gasteiger partial charge on any atom is -0.457 e. The van der Waals surface area contributed by atoms with E-state index in [0.717, 1.165) is 0 Å². The van der Waals surface area contributed by atoms with E-state index in [4.69, 9.17) is 4.74 Å². The van der Waals surface area contributed by atoms with Crippen molar-refractivity contribution in [3.05, 3.63) is 95.6 Å². The van der Waals surface area contributed by atoms with Crippen LogP contribution in [0, 0.1) is 0 Å². The minimum atomic E-state index is -0.562. The molecule has 0 N–H and O–H groups in total. The Balaban J connectivity index is 1.71. The molecule has 0 amide bonds. The highest BCUT2D eigenvalue weighted by Gasteiger charge is 2.17. The van der Waals surface area contributed by atoms with E-state index < -0.39 is 11.6 Å². The lowest BCUT2D eigenvalue weighted by atomic mass is 10.0. The van der Waals surface area contributed by atoms with Crippen molar-refractivity contribution in [3.63, 3.8) is 0 Å². The van der Waals surface area contributed by atoms with Crippen LogP contribution in [0.1, 0.15) is 38.0 Å². The summed E-state index contributed by atoms with van der Waals surface area (Å²) in [6.45, 7) is 1.50. The number of rotatable bonds is 6. The quantitative estimate of drug-likeness (QED) is 0.478. The second kappa shape index (κ2) is 7.57. The normalized spacial score (nSPS) is 10.2. The maximum atomic E-state index is 12.3. The summed E-state index contributed by atoms with van der Waals surface area (Å²) in [5.41, 5.74) is 1.28. The highest BCUT2D eigenvalue weighted by atomic mass is 16.5. The first kappa shape index (κ1) is 17.3. The van der Waals surface area contributed by atoms with Crippen molar-refractivity contribution in [2.45, 2.75) is 6.92 Å². The SMILES string of the molecule is CC(=O)c1ccc(Oc2ccc(C(=O)C(=O)c3ccccc3)cc2)cc1. The summed E-state index contributed by atoms with van der Waals surface area (Å²) in [6.07, 6.45) is 0. The van der Waals surface area contributed by atoms with E-state index in [1.807, 2.05) is 0 Å². The molecule has 0 aromatic heterocycles. The van der Waals surface area contributed by atoms with Crippen LogP contribution in [0.5, 0.6) is 11.5 Å². The molecule has 0 saturated carbocycles. The first-order chi connectivity index (χ1) is 12.5. The van der Waals surface area contributed by atoms with Gasteiger partial charge in [-0.05, 0) is 55.5 Å². The summed E-state index contributed by atoms with van der Waals surface area (Å²) in [4.78, 5) is 35.8. The molecule has 4 nitrogen and oxygen atoms in total. The number of hydrogen-bond donors (Lipinski definition) is 0. The molecule has 3 aromatic carbocycles. The van der Waals surface area contributed by atoms with Gasteiger partial charge in [-0.15, -0.1) is 0 Å². The van der Waals surface area contributed by atoms with Gasteiger partial charge in [0.05, 0.1) is 0 Å². The van der Waals surface area contributed by atoms with Gasteiger partial charge < -0.3 is 4.74 Å². The predicted octanol–water partition coefficient (Wildman–Crippen LogP) is 4.75. The summed E-state index contributed by atoms with van der Waals surface area (Å²) >= 11 is 0. The zero-order valence-electron chi connectivity index (χ0n) is 14.1. The Bertz CT molecular complexity index is 940. The van der Waals surface area contributed by atoms with E-state index in [9.17, 15) is 14.4 Å². The van der Waals surface area contributed by atoms with Crippen LogP contribution < -0.4 is 4.74 Å². The van der Waals surface area contributed by atoms with Gasteiger partial charge in [-0.2, -0.15) is 0 Å². The molecule has 128 valence electrons.